The van der Waals surface area contributed by atoms with Gasteiger partial charge in [0.05, 0.1) is 37.0 Å². The highest BCUT2D eigenvalue weighted by atomic mass is 35.5. The number of carbonyl (C=O) groups is 1. The molecule has 1 aliphatic rings. The molecule has 0 unspecified atom stereocenters. The van der Waals surface area contributed by atoms with E-state index < -0.39 is 0 Å². The fourth-order valence-corrected chi connectivity index (χ4v) is 3.88. The third kappa shape index (κ3) is 5.18. The van der Waals surface area contributed by atoms with Crippen LogP contribution in [0.2, 0.25) is 5.02 Å². The van der Waals surface area contributed by atoms with E-state index in [9.17, 15) is 9.59 Å². The average Bonchev–Trinajstić information content (AvgIpc) is 2.82. The van der Waals surface area contributed by atoms with Crippen molar-refractivity contribution in [2.45, 2.75) is 25.8 Å². The molecule has 1 fully saturated rings. The zero-order valence-corrected chi connectivity index (χ0v) is 18.5. The lowest BCUT2D eigenvalue weighted by Gasteiger charge is -2.26. The minimum absolute atomic E-state index is 0.145. The van der Waals surface area contributed by atoms with E-state index in [1.54, 1.807) is 17.0 Å². The predicted molar refractivity (Wildman–Crippen MR) is 125 cm³/mol. The summed E-state index contributed by atoms with van der Waals surface area (Å²) in [6.07, 6.45) is 3.28. The summed E-state index contributed by atoms with van der Waals surface area (Å²) >= 11 is 6.25. The van der Waals surface area contributed by atoms with E-state index in [1.807, 2.05) is 41.3 Å². The van der Waals surface area contributed by atoms with E-state index in [1.165, 1.54) is 0 Å². The van der Waals surface area contributed by atoms with Gasteiger partial charge in [0.15, 0.2) is 0 Å². The Morgan fingerprint density at radius 1 is 1.12 bits per heavy atom. The van der Waals surface area contributed by atoms with Crippen molar-refractivity contribution in [1.29, 1.82) is 0 Å². The maximum atomic E-state index is 13.2. The number of benzene rings is 2. The summed E-state index contributed by atoms with van der Waals surface area (Å²) in [5.41, 5.74) is 1.96. The van der Waals surface area contributed by atoms with E-state index in [-0.39, 0.29) is 11.5 Å². The fraction of sp³-hybridized carbons (Fsp3) is 0.320. The first kappa shape index (κ1) is 22.1. The summed E-state index contributed by atoms with van der Waals surface area (Å²) in [5, 5.41) is 1.11. The van der Waals surface area contributed by atoms with Crippen molar-refractivity contribution in [3.8, 4) is 11.8 Å². The molecule has 0 saturated carbocycles. The summed E-state index contributed by atoms with van der Waals surface area (Å²) in [4.78, 5) is 31.7. The zero-order chi connectivity index (χ0) is 22.3. The van der Waals surface area contributed by atoms with Crippen LogP contribution < -0.4 is 5.56 Å². The van der Waals surface area contributed by atoms with Crippen LogP contribution in [0.25, 0.3) is 10.9 Å². The lowest BCUT2D eigenvalue weighted by atomic mass is 10.1. The number of hydrogen-bond acceptors (Lipinski definition) is 4. The van der Waals surface area contributed by atoms with Crippen LogP contribution in [0.3, 0.4) is 0 Å². The quantitative estimate of drug-likeness (QED) is 0.442. The largest absolute Gasteiger partial charge is 0.378 e. The molecule has 7 heteroatoms. The summed E-state index contributed by atoms with van der Waals surface area (Å²) < 4.78 is 6.83. The molecule has 4 rings (SSSR count). The van der Waals surface area contributed by atoms with E-state index in [0.717, 1.165) is 5.56 Å². The Balaban J connectivity index is 1.48. The van der Waals surface area contributed by atoms with Gasteiger partial charge in [-0.3, -0.25) is 14.2 Å². The minimum Gasteiger partial charge on any atom is -0.378 e. The van der Waals surface area contributed by atoms with Crippen molar-refractivity contribution in [2.24, 2.45) is 0 Å². The number of rotatable bonds is 5. The van der Waals surface area contributed by atoms with Gasteiger partial charge < -0.3 is 9.64 Å². The standard InChI is InChI=1S/C25H24ClN3O3/c26-21-10-5-4-8-20(21)17-29-18-27-22-11-6-9-19(24(22)25(29)31)7-2-1-3-12-23(30)28-13-15-32-16-14-28/h4-6,8-11,18H,1,3,12-17H2. The van der Waals surface area contributed by atoms with Gasteiger partial charge in [0.2, 0.25) is 5.91 Å². The maximum Gasteiger partial charge on any atom is 0.262 e. The Labute approximate surface area is 191 Å². The summed E-state index contributed by atoms with van der Waals surface area (Å²) in [5.74, 6) is 6.37. The molecule has 0 radical (unpaired) electrons. The number of carbonyl (C=O) groups excluding carboxylic acids is 1. The number of halogens is 1. The second-order valence-corrected chi connectivity index (χ2v) is 8.02. The molecule has 2 aromatic carbocycles. The van der Waals surface area contributed by atoms with Gasteiger partial charge in [-0.05, 0) is 30.2 Å². The molecule has 1 aliphatic heterocycles. The molecule has 0 bridgehead atoms. The topological polar surface area (TPSA) is 64.4 Å². The number of morpholine rings is 1. The molecule has 0 spiro atoms. The van der Waals surface area contributed by atoms with E-state index in [2.05, 4.69) is 16.8 Å². The van der Waals surface area contributed by atoms with Gasteiger partial charge >= 0.3 is 0 Å². The number of unbranched alkanes of at least 4 members (excludes halogenated alkanes) is 1. The number of hydrogen-bond donors (Lipinski definition) is 0. The van der Waals surface area contributed by atoms with Gasteiger partial charge in [-0.25, -0.2) is 4.98 Å². The third-order valence-corrected chi connectivity index (χ3v) is 5.80. The lowest BCUT2D eigenvalue weighted by molar-refractivity contribution is -0.135. The predicted octanol–water partition coefficient (Wildman–Crippen LogP) is 3.48. The Bertz CT molecular complexity index is 1240. The summed E-state index contributed by atoms with van der Waals surface area (Å²) in [6.45, 7) is 2.87. The Morgan fingerprint density at radius 3 is 2.75 bits per heavy atom. The van der Waals surface area contributed by atoms with E-state index >= 15 is 0 Å². The van der Waals surface area contributed by atoms with Crippen LogP contribution in [0.1, 0.15) is 30.4 Å². The van der Waals surface area contributed by atoms with Gasteiger partial charge in [-0.1, -0.05) is 47.7 Å². The third-order valence-electron chi connectivity index (χ3n) is 5.43. The SMILES string of the molecule is O=C(CCCC#Cc1cccc2ncn(Cc3ccccc3Cl)c(=O)c12)N1CCOCC1. The van der Waals surface area contributed by atoms with E-state index in [0.29, 0.717) is 73.6 Å². The lowest BCUT2D eigenvalue weighted by Crippen LogP contribution is -2.40. The highest BCUT2D eigenvalue weighted by Gasteiger charge is 2.15. The fourth-order valence-electron chi connectivity index (χ4n) is 3.68. The first-order valence-corrected chi connectivity index (χ1v) is 11.1. The van der Waals surface area contributed by atoms with Crippen molar-refractivity contribution in [3.05, 3.63) is 75.3 Å². The monoisotopic (exact) mass is 449 g/mol. The van der Waals surface area contributed by atoms with Crippen LogP contribution in [-0.2, 0) is 16.1 Å². The number of amides is 1. The van der Waals surface area contributed by atoms with Gasteiger partial charge in [0.1, 0.15) is 0 Å². The zero-order valence-electron chi connectivity index (χ0n) is 17.7. The number of ether oxygens (including phenoxy) is 1. The first-order valence-electron chi connectivity index (χ1n) is 10.7. The highest BCUT2D eigenvalue weighted by Crippen LogP contribution is 2.17. The van der Waals surface area contributed by atoms with Gasteiger partial charge in [-0.2, -0.15) is 0 Å². The smallest absolute Gasteiger partial charge is 0.262 e. The maximum absolute atomic E-state index is 13.2. The van der Waals surface area contributed by atoms with Crippen LogP contribution in [-0.4, -0.2) is 46.7 Å². The summed E-state index contributed by atoms with van der Waals surface area (Å²) in [7, 11) is 0. The highest BCUT2D eigenvalue weighted by molar-refractivity contribution is 6.31. The van der Waals surface area contributed by atoms with Crippen molar-refractivity contribution in [1.82, 2.24) is 14.5 Å². The van der Waals surface area contributed by atoms with Crippen molar-refractivity contribution in [2.75, 3.05) is 26.3 Å². The Morgan fingerprint density at radius 2 is 1.94 bits per heavy atom. The Kier molecular flexibility index (Phi) is 7.21. The van der Waals surface area contributed by atoms with Crippen LogP contribution in [0.5, 0.6) is 0 Å². The molecule has 1 aromatic heterocycles. The van der Waals surface area contributed by atoms with Crippen LogP contribution in [0.4, 0.5) is 0 Å². The van der Waals surface area contributed by atoms with Crippen LogP contribution in [0, 0.1) is 11.8 Å². The molecule has 6 nitrogen and oxygen atoms in total. The van der Waals surface area contributed by atoms with Gasteiger partial charge in [0, 0.05) is 36.5 Å². The van der Waals surface area contributed by atoms with Gasteiger partial charge in [-0.15, -0.1) is 0 Å². The minimum atomic E-state index is -0.151. The average molecular weight is 450 g/mol. The first-order chi connectivity index (χ1) is 15.6. The molecule has 0 N–H and O–H groups in total. The normalized spacial score (nSPS) is 13.6. The number of nitrogens with zero attached hydrogens (tertiary/aromatic N) is 3. The molecule has 0 atom stereocenters. The van der Waals surface area contributed by atoms with Crippen LogP contribution >= 0.6 is 11.6 Å². The molecule has 0 aliphatic carbocycles. The van der Waals surface area contributed by atoms with Crippen LogP contribution in [0.15, 0.2) is 53.6 Å². The molecule has 32 heavy (non-hydrogen) atoms. The molecular weight excluding hydrogens is 426 g/mol. The van der Waals surface area contributed by atoms with Crippen molar-refractivity contribution >= 4 is 28.4 Å². The molecule has 1 amide bonds. The molecule has 1 saturated heterocycles. The second-order valence-electron chi connectivity index (χ2n) is 7.62. The molecule has 3 aromatic rings. The summed E-state index contributed by atoms with van der Waals surface area (Å²) in [6, 6.07) is 12.9. The molecule has 2 heterocycles. The number of aromatic nitrogens is 2. The second kappa shape index (κ2) is 10.4. The number of fused-ring (bicyclic) bond motifs is 1. The van der Waals surface area contributed by atoms with Crippen molar-refractivity contribution in [3.63, 3.8) is 0 Å². The Hall–Kier alpha value is -3.14. The van der Waals surface area contributed by atoms with Gasteiger partial charge in [0.25, 0.3) is 5.56 Å². The molecule has 164 valence electrons. The van der Waals surface area contributed by atoms with E-state index in [4.69, 9.17) is 16.3 Å². The van der Waals surface area contributed by atoms with Crippen molar-refractivity contribution < 1.29 is 9.53 Å². The molecular formula is C25H24ClN3O3.